The number of aliphatic hydroxyl groups is 1. The number of halogens is 4. The van der Waals surface area contributed by atoms with Crippen LogP contribution in [0, 0.1) is 0 Å². The van der Waals surface area contributed by atoms with E-state index in [0.717, 1.165) is 52.5 Å². The fraction of sp³-hybridized carbons (Fsp3) is 0.159. The van der Waals surface area contributed by atoms with E-state index in [1.165, 1.54) is 17.7 Å². The van der Waals surface area contributed by atoms with Crippen LogP contribution in [0.5, 0.6) is 40.2 Å². The van der Waals surface area contributed by atoms with Crippen molar-refractivity contribution in [2.45, 2.75) is 32.8 Å². The van der Waals surface area contributed by atoms with Gasteiger partial charge in [-0.2, -0.15) is 60.8 Å². The van der Waals surface area contributed by atoms with Gasteiger partial charge in [-0.3, -0.25) is 4.98 Å². The summed E-state index contributed by atoms with van der Waals surface area (Å²) < 4.78 is 20.6. The maximum absolute atomic E-state index is 9.22. The Morgan fingerprint density at radius 3 is 1.55 bits per heavy atom. The van der Waals surface area contributed by atoms with Crippen molar-refractivity contribution in [3.8, 4) is 40.2 Å². The summed E-state index contributed by atoms with van der Waals surface area (Å²) in [7, 11) is 0. The van der Waals surface area contributed by atoms with E-state index >= 15 is 0 Å². The lowest BCUT2D eigenvalue weighted by Gasteiger charge is -2.02. The molecule has 9 nitrogen and oxygen atoms in total. The minimum atomic E-state index is -0.229. The number of aromatic hydroxyl groups is 3. The van der Waals surface area contributed by atoms with Gasteiger partial charge in [0, 0.05) is 18.0 Å². The Balaban J connectivity index is 0.000000357. The number of aromatic nitrogens is 1. The quantitative estimate of drug-likeness (QED) is 0.0519. The molecule has 0 fully saturated rings. The molecular weight excluding hydrogens is 1110 g/mol. The summed E-state index contributed by atoms with van der Waals surface area (Å²) in [6, 6.07) is 27.5. The molecule has 4 N–H and O–H groups in total. The van der Waals surface area contributed by atoms with Crippen LogP contribution < -0.4 is 18.9 Å². The number of phenolic OH excluding ortho intramolecular Hbond substituents is 2. The first-order valence-electron chi connectivity index (χ1n) is 17.5. The van der Waals surface area contributed by atoms with Gasteiger partial charge in [0.15, 0.2) is 34.5 Å². The summed E-state index contributed by atoms with van der Waals surface area (Å²) in [6.07, 6.45) is 15.3. The van der Waals surface area contributed by atoms with E-state index in [2.05, 4.69) is 85.5 Å². The zero-order valence-corrected chi connectivity index (χ0v) is 40.5. The van der Waals surface area contributed by atoms with Gasteiger partial charge in [-0.15, -0.1) is 32.1 Å². The first-order valence-corrected chi connectivity index (χ1v) is 30.0. The van der Waals surface area contributed by atoms with E-state index in [1.54, 1.807) is 42.7 Å². The zero-order chi connectivity index (χ0) is 41.8. The smallest absolute Gasteiger partial charge is 0.508 e. The van der Waals surface area contributed by atoms with E-state index in [1.807, 2.05) is 85.8 Å². The van der Waals surface area contributed by atoms with E-state index in [9.17, 15) is 5.11 Å². The largest absolute Gasteiger partial charge is 0.524 e. The van der Waals surface area contributed by atoms with E-state index in [0.29, 0.717) is 25.6 Å². The number of pyridine rings is 1. The monoisotopic (exact) mass is 1160 g/mol. The van der Waals surface area contributed by atoms with Crippen LogP contribution in [-0.4, -0.2) is 43.3 Å². The fourth-order valence-electron chi connectivity index (χ4n) is 4.68. The minimum Gasteiger partial charge on any atom is -0.508 e. The lowest BCUT2D eigenvalue weighted by Crippen LogP contribution is -1.92. The van der Waals surface area contributed by atoms with E-state index in [4.69, 9.17) is 34.3 Å². The summed E-state index contributed by atoms with van der Waals surface area (Å²) in [5.41, 5.74) is 4.90. The van der Waals surface area contributed by atoms with Crippen molar-refractivity contribution in [1.82, 2.24) is 4.98 Å². The molecule has 0 saturated heterocycles. The molecule has 0 radical (unpaired) electrons. The van der Waals surface area contributed by atoms with Crippen LogP contribution in [0.3, 0.4) is 0 Å². The molecule has 1 aromatic heterocycles. The molecule has 4 aromatic carbocycles. The van der Waals surface area contributed by atoms with Crippen molar-refractivity contribution in [2.75, 3.05) is 13.6 Å². The number of allylic oxidation sites excluding steroid dienone is 4. The highest BCUT2D eigenvalue weighted by molar-refractivity contribution is 14.4. The SMILES string of the molecule is C/C=C/c1ccc2c(c1)OCO2.C=CCc1ccc(O)c(CO)c1.C=CCc1ccc(O)c(O)c1.C=CCc1ccc2c(c1)OCO2.Cl.[I][Al]([I])[I].c1ccncc1. The summed E-state index contributed by atoms with van der Waals surface area (Å²) in [4.78, 5) is 3.78. The summed E-state index contributed by atoms with van der Waals surface area (Å²) in [6.45, 7) is 13.4. The predicted molar refractivity (Wildman–Crippen MR) is 265 cm³/mol. The van der Waals surface area contributed by atoms with Crippen LogP contribution in [0.15, 0.2) is 147 Å². The van der Waals surface area contributed by atoms with Crippen LogP contribution in [0.4, 0.5) is 0 Å². The van der Waals surface area contributed by atoms with Gasteiger partial charge < -0.3 is 39.4 Å². The molecule has 0 spiro atoms. The number of hydrogen-bond donors (Lipinski definition) is 4. The molecule has 58 heavy (non-hydrogen) atoms. The van der Waals surface area contributed by atoms with Crippen LogP contribution in [-0.2, 0) is 25.9 Å². The topological polar surface area (TPSA) is 131 Å². The van der Waals surface area contributed by atoms with Gasteiger partial charge in [-0.25, -0.2) is 0 Å². The highest BCUT2D eigenvalue weighted by Gasteiger charge is 2.13. The Kier molecular flexibility index (Phi) is 28.5. The third-order valence-electron chi connectivity index (χ3n) is 7.25. The van der Waals surface area contributed by atoms with Crippen molar-refractivity contribution in [1.29, 1.82) is 0 Å². The number of fused-ring (bicyclic) bond motifs is 2. The van der Waals surface area contributed by atoms with Gasteiger partial charge >= 0.3 is 4.30 Å². The standard InChI is InChI=1S/2C10H10O2.C10H12O2.C9H10O2.C5H5N.Al.ClH.3HI/c2*1-2-3-8-4-5-9-10(6-8)12-7-11-9;1-2-3-8-4-5-10(12)9(6-8)7-11;1-2-3-7-4-5-8(10)9(11)6-7;1-2-4-6-5-3-1;;;;;/h2-6H,7H2,1H3;2,4-6H,1,3,7H2;2,4-6,11-12H,1,3,7H2;2,4-6,10-11H,1,3H2;1-5H;;4*1H/q;;;;;+3;;;;/p-3/b3-2+;;;;;;;;;. The van der Waals surface area contributed by atoms with Gasteiger partial charge in [0.05, 0.1) is 6.61 Å². The molecular formula is C44H48AlClI3NO8. The summed E-state index contributed by atoms with van der Waals surface area (Å²) in [5.74, 6) is 3.33. The first-order chi connectivity index (χ1) is 27.5. The van der Waals surface area contributed by atoms with Crippen molar-refractivity contribution in [3.05, 3.63) is 175 Å². The van der Waals surface area contributed by atoms with Gasteiger partial charge in [0.25, 0.3) is 0 Å². The maximum atomic E-state index is 9.22. The molecule has 0 atom stereocenters. The van der Waals surface area contributed by atoms with Gasteiger partial charge in [0.1, 0.15) is 5.75 Å². The van der Waals surface area contributed by atoms with Crippen LogP contribution >= 0.6 is 73.2 Å². The Morgan fingerprint density at radius 2 is 1.09 bits per heavy atom. The molecule has 0 amide bonds. The van der Waals surface area contributed by atoms with E-state index < -0.39 is 0 Å². The second kappa shape index (κ2) is 31.5. The number of aliphatic hydroxyl groups excluding tert-OH is 1. The number of benzene rings is 4. The molecule has 0 bridgehead atoms. The highest BCUT2D eigenvalue weighted by atomic mass is 127. The second-order valence-corrected chi connectivity index (χ2v) is 44.7. The Labute approximate surface area is 386 Å². The maximum Gasteiger partial charge on any atom is 0.524 e. The van der Waals surface area contributed by atoms with Crippen molar-refractivity contribution in [3.63, 3.8) is 0 Å². The Hall–Kier alpha value is -3.44. The molecule has 14 heteroatoms. The normalized spacial score (nSPS) is 10.7. The van der Waals surface area contributed by atoms with Gasteiger partial charge in [-0.1, -0.05) is 60.7 Å². The number of rotatable bonds is 8. The Morgan fingerprint density at radius 1 is 0.621 bits per heavy atom. The molecule has 2 aliphatic heterocycles. The average molecular weight is 1160 g/mol. The third kappa shape index (κ3) is 21.5. The van der Waals surface area contributed by atoms with E-state index in [-0.39, 0.29) is 40.6 Å². The fourth-order valence-corrected chi connectivity index (χ4v) is 4.68. The number of ether oxygens (including phenoxy) is 4. The molecule has 0 aliphatic carbocycles. The minimum absolute atomic E-state index is 0. The molecule has 5 aromatic rings. The van der Waals surface area contributed by atoms with Crippen LogP contribution in [0.1, 0.15) is 34.7 Å². The van der Waals surface area contributed by atoms with Crippen molar-refractivity contribution >= 4 is 83.6 Å². The lowest BCUT2D eigenvalue weighted by molar-refractivity contribution is 0.173. The molecule has 308 valence electrons. The van der Waals surface area contributed by atoms with Crippen molar-refractivity contribution < 1.29 is 39.4 Å². The molecule has 0 unspecified atom stereocenters. The first kappa shape index (κ1) is 52.6. The highest BCUT2D eigenvalue weighted by Crippen LogP contribution is 2.33. The number of phenols is 3. The van der Waals surface area contributed by atoms with Crippen molar-refractivity contribution in [2.24, 2.45) is 0 Å². The lowest BCUT2D eigenvalue weighted by atomic mass is 10.1. The van der Waals surface area contributed by atoms with Gasteiger partial charge in [0.2, 0.25) is 13.6 Å². The Bertz CT molecular complexity index is 1940. The van der Waals surface area contributed by atoms with Crippen LogP contribution in [0.25, 0.3) is 6.08 Å². The number of hydrogen-bond acceptors (Lipinski definition) is 9. The summed E-state index contributed by atoms with van der Waals surface area (Å²) in [5, 5.41) is 36.0. The molecule has 3 heterocycles. The average Bonchev–Trinajstić information content (AvgIpc) is 3.89. The third-order valence-corrected chi connectivity index (χ3v) is 7.25. The second-order valence-electron chi connectivity index (χ2n) is 11.5. The molecule has 2 aliphatic rings. The predicted octanol–water partition coefficient (Wildman–Crippen LogP) is 11.8. The zero-order valence-electron chi connectivity index (χ0n) is 32.1. The molecule has 0 saturated carbocycles. The van der Waals surface area contributed by atoms with Crippen LogP contribution in [0.2, 0.25) is 0 Å². The number of nitrogens with zero attached hydrogens (tertiary/aromatic N) is 1. The molecule has 7 rings (SSSR count). The van der Waals surface area contributed by atoms with Gasteiger partial charge in [-0.05, 0) is 109 Å². The summed E-state index contributed by atoms with van der Waals surface area (Å²) >= 11 is 7.37.